The summed E-state index contributed by atoms with van der Waals surface area (Å²) in [5, 5.41) is 0. The lowest BCUT2D eigenvalue weighted by Gasteiger charge is -2.26. The van der Waals surface area contributed by atoms with Crippen molar-refractivity contribution in [2.75, 3.05) is 6.61 Å². The topological polar surface area (TPSA) is 61.8 Å². The van der Waals surface area contributed by atoms with E-state index in [2.05, 4.69) is 6.92 Å². The Balaban J connectivity index is 1.75. The molecule has 0 amide bonds. The Hall–Kier alpha value is -2.30. The van der Waals surface area contributed by atoms with Crippen molar-refractivity contribution in [2.45, 2.75) is 58.5 Å². The van der Waals surface area contributed by atoms with Gasteiger partial charge in [0.15, 0.2) is 0 Å². The second-order valence-electron chi connectivity index (χ2n) is 6.51. The van der Waals surface area contributed by atoms with Gasteiger partial charge in [-0.3, -0.25) is 4.79 Å². The van der Waals surface area contributed by atoms with Crippen molar-refractivity contribution in [3.8, 4) is 11.5 Å². The van der Waals surface area contributed by atoms with Crippen molar-refractivity contribution in [2.24, 2.45) is 5.92 Å². The SMILES string of the molecule is CC=CC(=O)O[C@H]1CC[C@H](C(=O)Oc2ccc(OCCCC)cc2)CC1. The molecule has 5 nitrogen and oxygen atoms in total. The molecule has 2 rings (SSSR count). The Morgan fingerprint density at radius 1 is 1.08 bits per heavy atom. The van der Waals surface area contributed by atoms with Crippen molar-refractivity contribution < 1.29 is 23.8 Å². The maximum atomic E-state index is 12.3. The number of hydrogen-bond acceptors (Lipinski definition) is 5. The minimum absolute atomic E-state index is 0.109. The zero-order valence-corrected chi connectivity index (χ0v) is 15.6. The van der Waals surface area contributed by atoms with Crippen LogP contribution in [0.1, 0.15) is 52.4 Å². The van der Waals surface area contributed by atoms with Crippen molar-refractivity contribution in [1.82, 2.24) is 0 Å². The smallest absolute Gasteiger partial charge is 0.330 e. The maximum absolute atomic E-state index is 12.3. The van der Waals surface area contributed by atoms with Gasteiger partial charge in [0, 0.05) is 6.08 Å². The summed E-state index contributed by atoms with van der Waals surface area (Å²) < 4.78 is 16.4. The molecule has 0 bridgehead atoms. The normalized spacial score (nSPS) is 19.9. The van der Waals surface area contributed by atoms with E-state index in [1.165, 1.54) is 6.08 Å². The van der Waals surface area contributed by atoms with Gasteiger partial charge in [-0.15, -0.1) is 0 Å². The second-order valence-corrected chi connectivity index (χ2v) is 6.51. The number of ether oxygens (including phenoxy) is 3. The summed E-state index contributed by atoms with van der Waals surface area (Å²) in [4.78, 5) is 23.8. The highest BCUT2D eigenvalue weighted by Crippen LogP contribution is 2.28. The van der Waals surface area contributed by atoms with Crippen LogP contribution in [0.2, 0.25) is 0 Å². The molecule has 0 heterocycles. The summed E-state index contributed by atoms with van der Waals surface area (Å²) >= 11 is 0. The second kappa shape index (κ2) is 10.6. The Morgan fingerprint density at radius 3 is 2.35 bits per heavy atom. The van der Waals surface area contributed by atoms with Gasteiger partial charge in [-0.05, 0) is 63.3 Å². The summed E-state index contributed by atoms with van der Waals surface area (Å²) in [5.74, 6) is 0.621. The third kappa shape index (κ3) is 6.54. The van der Waals surface area contributed by atoms with E-state index in [1.807, 2.05) is 12.1 Å². The number of carbonyl (C=O) groups is 2. The first-order valence-corrected chi connectivity index (χ1v) is 9.40. The number of hydrogen-bond donors (Lipinski definition) is 0. The zero-order chi connectivity index (χ0) is 18.8. The lowest BCUT2D eigenvalue weighted by molar-refractivity contribution is -0.147. The van der Waals surface area contributed by atoms with Gasteiger partial charge >= 0.3 is 11.9 Å². The van der Waals surface area contributed by atoms with Gasteiger partial charge in [0.05, 0.1) is 12.5 Å². The van der Waals surface area contributed by atoms with Crippen LogP contribution >= 0.6 is 0 Å². The van der Waals surface area contributed by atoms with E-state index in [9.17, 15) is 9.59 Å². The van der Waals surface area contributed by atoms with Crippen LogP contribution in [0.3, 0.4) is 0 Å². The molecule has 0 N–H and O–H groups in total. The number of benzene rings is 1. The van der Waals surface area contributed by atoms with Crippen LogP contribution in [0.15, 0.2) is 36.4 Å². The number of rotatable bonds is 8. The van der Waals surface area contributed by atoms with Crippen LogP contribution in [0.25, 0.3) is 0 Å². The maximum Gasteiger partial charge on any atom is 0.330 e. The minimum Gasteiger partial charge on any atom is -0.494 e. The Kier molecular flexibility index (Phi) is 8.19. The highest BCUT2D eigenvalue weighted by molar-refractivity contribution is 5.82. The molecule has 0 aromatic heterocycles. The molecule has 1 aromatic carbocycles. The van der Waals surface area contributed by atoms with E-state index in [4.69, 9.17) is 14.2 Å². The van der Waals surface area contributed by atoms with Crippen LogP contribution in [0.4, 0.5) is 0 Å². The molecule has 1 aromatic rings. The number of unbranched alkanes of at least 4 members (excludes halogenated alkanes) is 1. The molecule has 1 aliphatic carbocycles. The molecule has 0 aliphatic heterocycles. The first-order valence-electron chi connectivity index (χ1n) is 9.40. The van der Waals surface area contributed by atoms with E-state index >= 15 is 0 Å². The minimum atomic E-state index is -0.320. The quantitative estimate of drug-likeness (QED) is 0.297. The van der Waals surface area contributed by atoms with Gasteiger partial charge in [0.1, 0.15) is 17.6 Å². The summed E-state index contributed by atoms with van der Waals surface area (Å²) in [6.45, 7) is 4.58. The molecule has 1 saturated carbocycles. The van der Waals surface area contributed by atoms with Gasteiger partial charge in [-0.25, -0.2) is 4.79 Å². The molecule has 5 heteroatoms. The molecule has 0 atom stereocenters. The Bertz CT molecular complexity index is 597. The van der Waals surface area contributed by atoms with Crippen molar-refractivity contribution in [3.05, 3.63) is 36.4 Å². The number of allylic oxidation sites excluding steroid dienone is 1. The fourth-order valence-electron chi connectivity index (χ4n) is 2.89. The monoisotopic (exact) mass is 360 g/mol. The molecule has 142 valence electrons. The lowest BCUT2D eigenvalue weighted by atomic mass is 9.87. The van der Waals surface area contributed by atoms with E-state index in [-0.39, 0.29) is 24.0 Å². The highest BCUT2D eigenvalue weighted by atomic mass is 16.5. The number of carbonyl (C=O) groups excluding carboxylic acids is 2. The van der Waals surface area contributed by atoms with E-state index in [1.54, 1.807) is 25.1 Å². The van der Waals surface area contributed by atoms with Gasteiger partial charge in [-0.1, -0.05) is 19.4 Å². The molecule has 0 spiro atoms. The number of esters is 2. The largest absolute Gasteiger partial charge is 0.494 e. The molecule has 26 heavy (non-hydrogen) atoms. The first kappa shape index (κ1) is 20.0. The highest BCUT2D eigenvalue weighted by Gasteiger charge is 2.29. The molecular formula is C21H28O5. The lowest BCUT2D eigenvalue weighted by Crippen LogP contribution is -2.29. The molecule has 0 unspecified atom stereocenters. The fraction of sp³-hybridized carbons (Fsp3) is 0.524. The van der Waals surface area contributed by atoms with Crippen molar-refractivity contribution in [3.63, 3.8) is 0 Å². The fourth-order valence-corrected chi connectivity index (χ4v) is 2.89. The van der Waals surface area contributed by atoms with Gasteiger partial charge in [0.25, 0.3) is 0 Å². The Morgan fingerprint density at radius 2 is 1.73 bits per heavy atom. The summed E-state index contributed by atoms with van der Waals surface area (Å²) in [6.07, 6.45) is 7.79. The molecule has 1 aliphatic rings. The van der Waals surface area contributed by atoms with Gasteiger partial charge in [0.2, 0.25) is 0 Å². The average molecular weight is 360 g/mol. The van der Waals surface area contributed by atoms with Crippen LogP contribution in [0.5, 0.6) is 11.5 Å². The summed E-state index contributed by atoms with van der Waals surface area (Å²) in [6, 6.07) is 7.14. The molecule has 0 saturated heterocycles. The van der Waals surface area contributed by atoms with Crippen LogP contribution in [-0.2, 0) is 14.3 Å². The van der Waals surface area contributed by atoms with Gasteiger partial charge in [-0.2, -0.15) is 0 Å². The van der Waals surface area contributed by atoms with E-state index < -0.39 is 0 Å². The van der Waals surface area contributed by atoms with Crippen LogP contribution < -0.4 is 9.47 Å². The summed E-state index contributed by atoms with van der Waals surface area (Å²) in [7, 11) is 0. The van der Waals surface area contributed by atoms with Crippen LogP contribution in [0, 0.1) is 5.92 Å². The molecular weight excluding hydrogens is 332 g/mol. The van der Waals surface area contributed by atoms with Crippen LogP contribution in [-0.4, -0.2) is 24.6 Å². The summed E-state index contributed by atoms with van der Waals surface area (Å²) in [5.41, 5.74) is 0. The van der Waals surface area contributed by atoms with E-state index in [0.29, 0.717) is 38.0 Å². The third-order valence-corrected chi connectivity index (χ3v) is 4.40. The zero-order valence-electron chi connectivity index (χ0n) is 15.6. The predicted octanol–water partition coefficient (Wildman–Crippen LogP) is 4.45. The standard InChI is InChI=1S/C21H28O5/c1-3-5-15-24-17-11-13-19(14-12-17)26-21(23)16-7-9-18(10-8-16)25-20(22)6-4-2/h4,6,11-14,16,18H,3,5,7-10,15H2,1-2H3/t16-,18-. The van der Waals surface area contributed by atoms with E-state index in [0.717, 1.165) is 18.6 Å². The predicted molar refractivity (Wildman–Crippen MR) is 99.1 cm³/mol. The molecule has 1 fully saturated rings. The first-order chi connectivity index (χ1) is 12.6. The van der Waals surface area contributed by atoms with Crippen molar-refractivity contribution in [1.29, 1.82) is 0 Å². The van der Waals surface area contributed by atoms with Crippen molar-refractivity contribution >= 4 is 11.9 Å². The molecule has 0 radical (unpaired) electrons. The van der Waals surface area contributed by atoms with Gasteiger partial charge < -0.3 is 14.2 Å². The Labute approximate surface area is 155 Å². The average Bonchev–Trinajstić information content (AvgIpc) is 2.64. The third-order valence-electron chi connectivity index (χ3n) is 4.40.